The molecule has 258 valence electrons. The lowest BCUT2D eigenvalue weighted by atomic mass is 9.78. The number of unbranched alkanes of at least 4 members (excludes halogenated alkanes) is 4. The maximum Gasteiger partial charge on any atom is 0.308 e. The van der Waals surface area contributed by atoms with Gasteiger partial charge in [0.25, 0.3) is 0 Å². The van der Waals surface area contributed by atoms with Crippen LogP contribution in [0, 0.1) is 26.2 Å². The number of imidazole rings is 1. The Bertz CT molecular complexity index is 1700. The summed E-state index contributed by atoms with van der Waals surface area (Å²) in [6.45, 7) is 10.9. The zero-order valence-corrected chi connectivity index (χ0v) is 29.1. The second-order valence-electron chi connectivity index (χ2n) is 12.9. The smallest absolute Gasteiger partial charge is 0.308 e. The highest BCUT2D eigenvalue weighted by atomic mass is 35.5. The third-order valence-corrected chi connectivity index (χ3v) is 8.46. The first-order valence-electron chi connectivity index (χ1n) is 16.2. The van der Waals surface area contributed by atoms with Crippen LogP contribution in [0.5, 0.6) is 5.75 Å². The molecule has 13 heteroatoms. The van der Waals surface area contributed by atoms with Crippen molar-refractivity contribution in [3.05, 3.63) is 40.4 Å². The van der Waals surface area contributed by atoms with Crippen molar-refractivity contribution in [3.8, 4) is 18.1 Å². The molecular formula is C35H44ClN5O7. The Hall–Kier alpha value is -4.05. The first-order valence-corrected chi connectivity index (χ1v) is 16.6. The Balaban J connectivity index is 1.47. The Morgan fingerprint density at radius 2 is 1.92 bits per heavy atom. The number of carbonyl (C=O) groups excluding carboxylic acids is 3. The number of fused-ring (bicyclic) bond motifs is 1. The maximum atomic E-state index is 13.3. The van der Waals surface area contributed by atoms with Crippen molar-refractivity contribution in [2.45, 2.75) is 123 Å². The average molecular weight is 682 g/mol. The minimum absolute atomic E-state index is 0.0142. The van der Waals surface area contributed by atoms with Gasteiger partial charge in [0.2, 0.25) is 11.2 Å². The van der Waals surface area contributed by atoms with Gasteiger partial charge in [0, 0.05) is 30.7 Å². The van der Waals surface area contributed by atoms with Crippen molar-refractivity contribution in [2.24, 2.45) is 0 Å². The van der Waals surface area contributed by atoms with Gasteiger partial charge in [-0.15, -0.1) is 6.42 Å². The van der Waals surface area contributed by atoms with Crippen molar-refractivity contribution >= 4 is 46.4 Å². The number of carbonyl (C=O) groups is 3. The largest absolute Gasteiger partial charge is 0.456 e. The molecule has 0 spiro atoms. The van der Waals surface area contributed by atoms with Gasteiger partial charge in [-0.1, -0.05) is 58.4 Å². The SMILES string of the molecule is C#CC1O[C@@H](n2cnc3c(NC(=O)CCCCCCC)nc(Cl)nc32)C[C@H](O)C1OC(=O)CC(C)(C)c1c(C)cc(C)cc1OC(C)=O. The van der Waals surface area contributed by atoms with Crippen LogP contribution in [0.15, 0.2) is 18.5 Å². The van der Waals surface area contributed by atoms with Gasteiger partial charge in [-0.05, 0) is 49.1 Å². The molecule has 1 aliphatic heterocycles. The number of nitrogens with zero attached hydrogens (tertiary/aromatic N) is 4. The van der Waals surface area contributed by atoms with E-state index < -0.39 is 41.9 Å². The van der Waals surface area contributed by atoms with E-state index in [-0.39, 0.29) is 35.5 Å². The lowest BCUT2D eigenvalue weighted by Gasteiger charge is -2.38. The fraction of sp³-hybridized carbons (Fsp3) is 0.543. The molecule has 0 saturated carbocycles. The third-order valence-electron chi connectivity index (χ3n) is 8.29. The standard InChI is InChI=1S/C35H44ClN5O7/c1-8-10-11-12-13-14-26(44)38-32-30-33(40-34(36)39-32)41(19-37-30)27-17-23(43)31(24(9-2)47-27)48-28(45)18-35(6,7)29-21(4)15-20(3)16-25(29)46-22(5)42/h2,15-16,19,23-24,27,31,43H,8,10-14,17-18H2,1,3-7H3,(H,38,39,40,44)/t23-,24?,27+,31?/m0/s1. The predicted molar refractivity (Wildman–Crippen MR) is 180 cm³/mol. The Morgan fingerprint density at radius 1 is 1.19 bits per heavy atom. The van der Waals surface area contributed by atoms with Gasteiger partial charge in [0.1, 0.15) is 12.0 Å². The van der Waals surface area contributed by atoms with Crippen LogP contribution in [-0.4, -0.2) is 60.8 Å². The number of rotatable bonds is 13. The van der Waals surface area contributed by atoms with Gasteiger partial charge in [-0.2, -0.15) is 9.97 Å². The number of halogens is 1. The highest BCUT2D eigenvalue weighted by Gasteiger charge is 2.42. The first kappa shape index (κ1) is 36.8. The van der Waals surface area contributed by atoms with E-state index in [0.29, 0.717) is 23.3 Å². The van der Waals surface area contributed by atoms with Crippen LogP contribution in [0.3, 0.4) is 0 Å². The fourth-order valence-corrected chi connectivity index (χ4v) is 6.41. The summed E-state index contributed by atoms with van der Waals surface area (Å²) in [6, 6.07) is 3.71. The van der Waals surface area contributed by atoms with Crippen LogP contribution in [0.4, 0.5) is 5.82 Å². The van der Waals surface area contributed by atoms with Crippen molar-refractivity contribution < 1.29 is 33.7 Å². The van der Waals surface area contributed by atoms with Crippen LogP contribution in [0.2, 0.25) is 5.28 Å². The second kappa shape index (κ2) is 15.9. The van der Waals surface area contributed by atoms with Gasteiger partial charge in [-0.3, -0.25) is 19.0 Å². The summed E-state index contributed by atoms with van der Waals surface area (Å²) >= 11 is 6.23. The normalized spacial score (nSPS) is 19.5. The molecule has 4 rings (SSSR count). The number of nitrogens with one attached hydrogen (secondary N) is 1. The number of benzene rings is 1. The van der Waals surface area contributed by atoms with E-state index in [9.17, 15) is 19.5 Å². The minimum atomic E-state index is -1.20. The van der Waals surface area contributed by atoms with E-state index in [1.807, 2.05) is 33.8 Å². The zero-order valence-electron chi connectivity index (χ0n) is 28.3. The molecular weight excluding hydrogens is 638 g/mol. The van der Waals surface area contributed by atoms with Crippen LogP contribution < -0.4 is 10.1 Å². The van der Waals surface area contributed by atoms with Crippen molar-refractivity contribution in [1.82, 2.24) is 19.5 Å². The van der Waals surface area contributed by atoms with E-state index in [2.05, 4.69) is 33.1 Å². The third kappa shape index (κ3) is 8.89. The predicted octanol–water partition coefficient (Wildman–Crippen LogP) is 5.88. The number of aliphatic hydroxyl groups is 1. The molecule has 1 saturated heterocycles. The van der Waals surface area contributed by atoms with Crippen LogP contribution in [-0.2, 0) is 29.3 Å². The second-order valence-corrected chi connectivity index (χ2v) is 13.3. The van der Waals surface area contributed by atoms with Crippen LogP contribution in [0.1, 0.15) is 102 Å². The van der Waals surface area contributed by atoms with Crippen molar-refractivity contribution in [3.63, 3.8) is 0 Å². The highest BCUT2D eigenvalue weighted by Crippen LogP contribution is 2.39. The average Bonchev–Trinajstić information content (AvgIpc) is 3.40. The summed E-state index contributed by atoms with van der Waals surface area (Å²) in [5, 5.41) is 13.9. The van der Waals surface area contributed by atoms with Gasteiger partial charge in [0.05, 0.1) is 18.9 Å². The Morgan fingerprint density at radius 3 is 2.60 bits per heavy atom. The molecule has 2 unspecified atom stereocenters. The number of terminal acetylenes is 1. The minimum Gasteiger partial charge on any atom is -0.456 e. The molecule has 0 bridgehead atoms. The molecule has 1 aromatic carbocycles. The first-order chi connectivity index (χ1) is 22.7. The van der Waals surface area contributed by atoms with E-state index >= 15 is 0 Å². The number of aliphatic hydroxyl groups excluding tert-OH is 1. The molecule has 1 fully saturated rings. The number of amides is 1. The summed E-state index contributed by atoms with van der Waals surface area (Å²) in [5.74, 6) is 1.74. The van der Waals surface area contributed by atoms with Crippen LogP contribution in [0.25, 0.3) is 11.2 Å². The fourth-order valence-electron chi connectivity index (χ4n) is 6.24. The summed E-state index contributed by atoms with van der Waals surface area (Å²) < 4.78 is 18.9. The van der Waals surface area contributed by atoms with Crippen molar-refractivity contribution in [1.29, 1.82) is 0 Å². The number of ether oxygens (including phenoxy) is 3. The summed E-state index contributed by atoms with van der Waals surface area (Å²) in [7, 11) is 0. The number of aromatic nitrogens is 4. The Kier molecular flexibility index (Phi) is 12.2. The summed E-state index contributed by atoms with van der Waals surface area (Å²) in [4.78, 5) is 50.6. The summed E-state index contributed by atoms with van der Waals surface area (Å²) in [5.41, 5.74) is 2.24. The summed E-state index contributed by atoms with van der Waals surface area (Å²) in [6.07, 6.45) is 8.23. The molecule has 2 aromatic heterocycles. The number of aryl methyl sites for hydroxylation is 2. The van der Waals surface area contributed by atoms with Gasteiger partial charge >= 0.3 is 11.9 Å². The number of esters is 2. The van der Waals surface area contributed by atoms with Gasteiger partial charge in [-0.25, -0.2) is 4.98 Å². The molecule has 3 aromatic rings. The maximum absolute atomic E-state index is 13.3. The molecule has 0 aliphatic carbocycles. The molecule has 2 N–H and O–H groups in total. The quantitative estimate of drug-likeness (QED) is 0.0734. The van der Waals surface area contributed by atoms with Crippen molar-refractivity contribution in [2.75, 3.05) is 5.32 Å². The van der Waals surface area contributed by atoms with Crippen LogP contribution >= 0.6 is 11.6 Å². The zero-order chi connectivity index (χ0) is 35.2. The molecule has 1 aliphatic rings. The lowest BCUT2D eigenvalue weighted by molar-refractivity contribution is -0.197. The topological polar surface area (TPSA) is 155 Å². The molecule has 1 amide bonds. The highest BCUT2D eigenvalue weighted by molar-refractivity contribution is 6.28. The molecule has 3 heterocycles. The monoisotopic (exact) mass is 681 g/mol. The van der Waals surface area contributed by atoms with E-state index in [4.69, 9.17) is 32.2 Å². The Labute approximate surface area is 285 Å². The van der Waals surface area contributed by atoms with Gasteiger partial charge < -0.3 is 24.6 Å². The molecule has 0 radical (unpaired) electrons. The molecule has 12 nitrogen and oxygen atoms in total. The van der Waals surface area contributed by atoms with E-state index in [1.54, 1.807) is 10.6 Å². The molecule has 4 atom stereocenters. The number of anilines is 1. The van der Waals surface area contributed by atoms with E-state index in [0.717, 1.165) is 43.2 Å². The number of hydrogen-bond acceptors (Lipinski definition) is 10. The molecule has 48 heavy (non-hydrogen) atoms. The lowest BCUT2D eigenvalue weighted by Crippen LogP contribution is -2.49. The number of hydrogen-bond donors (Lipinski definition) is 2. The van der Waals surface area contributed by atoms with E-state index in [1.165, 1.54) is 13.3 Å². The van der Waals surface area contributed by atoms with Gasteiger partial charge in [0.15, 0.2) is 29.2 Å².